The van der Waals surface area contributed by atoms with Crippen molar-refractivity contribution in [1.82, 2.24) is 19.1 Å². The van der Waals surface area contributed by atoms with Crippen molar-refractivity contribution < 1.29 is 23.1 Å². The summed E-state index contributed by atoms with van der Waals surface area (Å²) in [6.45, 7) is 5.82. The van der Waals surface area contributed by atoms with E-state index in [0.717, 1.165) is 62.0 Å². The van der Waals surface area contributed by atoms with Crippen molar-refractivity contribution in [1.29, 1.82) is 0 Å². The van der Waals surface area contributed by atoms with Gasteiger partial charge >= 0.3 is 0 Å². The Bertz CT molecular complexity index is 1880. The van der Waals surface area contributed by atoms with Gasteiger partial charge in [0.05, 0.1) is 18.1 Å². The average Bonchev–Trinajstić information content (AvgIpc) is 3.97. The van der Waals surface area contributed by atoms with E-state index < -0.39 is 27.4 Å². The Labute approximate surface area is 277 Å². The number of carbonyl (C=O) groups is 1. The summed E-state index contributed by atoms with van der Waals surface area (Å²) in [4.78, 5) is 18.4. The number of benzene rings is 2. The number of nitrogens with zero attached hydrogens (tertiary/aromatic N) is 3. The van der Waals surface area contributed by atoms with Crippen molar-refractivity contribution in [2.75, 3.05) is 26.7 Å². The Morgan fingerprint density at radius 2 is 1.87 bits per heavy atom. The van der Waals surface area contributed by atoms with Gasteiger partial charge < -0.3 is 14.4 Å². The number of amides is 1. The van der Waals surface area contributed by atoms with Gasteiger partial charge in [-0.25, -0.2) is 13.1 Å². The van der Waals surface area contributed by atoms with Crippen LogP contribution in [0.1, 0.15) is 98.0 Å². The molecule has 47 heavy (non-hydrogen) atoms. The number of hydrogen-bond donors (Lipinski definition) is 2. The Kier molecular flexibility index (Phi) is 6.92. The molecule has 2 saturated heterocycles. The largest absolute Gasteiger partial charge is 0.497 e. The first-order valence-electron chi connectivity index (χ1n) is 17.8. The highest BCUT2D eigenvalue weighted by molar-refractivity contribution is 7.91. The number of piperazine rings is 1. The van der Waals surface area contributed by atoms with E-state index in [-0.39, 0.29) is 11.3 Å². The smallest absolute Gasteiger partial charge is 0.264 e. The van der Waals surface area contributed by atoms with Crippen LogP contribution in [-0.4, -0.2) is 84.1 Å². The number of nitrogens with one attached hydrogen (secondary N) is 1. The third-order valence-corrected chi connectivity index (χ3v) is 14.5. The number of fused-ring (bicyclic) bond motifs is 9. The van der Waals surface area contributed by atoms with E-state index in [1.807, 2.05) is 6.07 Å². The molecule has 2 bridgehead atoms. The van der Waals surface area contributed by atoms with Crippen LogP contribution in [0.5, 0.6) is 5.75 Å². The number of aromatic nitrogens is 1. The van der Waals surface area contributed by atoms with Crippen molar-refractivity contribution in [2.24, 2.45) is 5.41 Å². The second kappa shape index (κ2) is 10.8. The lowest BCUT2D eigenvalue weighted by Crippen LogP contribution is -2.53. The van der Waals surface area contributed by atoms with Gasteiger partial charge in [0, 0.05) is 59.2 Å². The summed E-state index contributed by atoms with van der Waals surface area (Å²) in [6, 6.07) is 13.1. The lowest BCUT2D eigenvalue weighted by molar-refractivity contribution is -0.0809. The summed E-state index contributed by atoms with van der Waals surface area (Å²) in [5, 5.41) is 13.1. The molecule has 3 saturated carbocycles. The van der Waals surface area contributed by atoms with E-state index in [4.69, 9.17) is 4.74 Å². The fraction of sp³-hybridized carbons (Fsp3) is 0.595. The zero-order chi connectivity index (χ0) is 32.2. The van der Waals surface area contributed by atoms with E-state index in [0.29, 0.717) is 43.0 Å². The second-order valence-corrected chi connectivity index (χ2v) is 17.2. The first kappa shape index (κ1) is 30.2. The molecule has 9 nitrogen and oxygen atoms in total. The Hall–Kier alpha value is -2.92. The van der Waals surface area contributed by atoms with Crippen LogP contribution in [0.2, 0.25) is 0 Å². The fourth-order valence-electron chi connectivity index (χ4n) is 9.97. The average molecular weight is 659 g/mol. The van der Waals surface area contributed by atoms with Gasteiger partial charge in [0.15, 0.2) is 0 Å². The summed E-state index contributed by atoms with van der Waals surface area (Å²) in [5.74, 6) is 0.850. The van der Waals surface area contributed by atoms with E-state index in [2.05, 4.69) is 50.3 Å². The van der Waals surface area contributed by atoms with E-state index in [1.54, 1.807) is 13.2 Å². The Morgan fingerprint density at radius 1 is 1.06 bits per heavy atom. The van der Waals surface area contributed by atoms with Crippen molar-refractivity contribution in [2.45, 2.75) is 107 Å². The maximum atomic E-state index is 13.4. The van der Waals surface area contributed by atoms with Gasteiger partial charge in [0.1, 0.15) is 12.0 Å². The number of sulfonamides is 1. The summed E-state index contributed by atoms with van der Waals surface area (Å²) < 4.78 is 36.0. The number of aliphatic hydroxyl groups excluding tert-OH is 1. The molecule has 9 rings (SSSR count). The molecule has 3 aliphatic heterocycles. The topological polar surface area (TPSA) is 104 Å². The normalized spacial score (nSPS) is 29.6. The molecule has 0 spiro atoms. The van der Waals surface area contributed by atoms with Crippen molar-refractivity contribution >= 4 is 26.8 Å². The summed E-state index contributed by atoms with van der Waals surface area (Å²) in [5.41, 5.74) is 5.92. The third-order valence-electron chi connectivity index (χ3n) is 12.7. The summed E-state index contributed by atoms with van der Waals surface area (Å²) in [7, 11) is -1.96. The molecule has 4 unspecified atom stereocenters. The van der Waals surface area contributed by atoms with Gasteiger partial charge in [-0.2, -0.15) is 0 Å². The van der Waals surface area contributed by atoms with E-state index in [1.165, 1.54) is 41.6 Å². The maximum Gasteiger partial charge on any atom is 0.264 e. The number of methoxy groups -OCH3 is 1. The standard InChI is InChI=1S/C37H46N4O5S/c1-3-39-19-25-16-24(39)20-40(25)36(43)37-18-31(37)30-17-26(46-2)10-14-28(30)34-33(22-7-5-4-6-8-22)29-13-9-23(15-32(29)41(34)21-37)35(42)38-47(44,45)27-11-12-27/h9-10,13-15,17,22,24-25,27,31,36,43H,3-8,11-12,16,18-21H2,1-2H3,(H,38,42)/t24?,25-,31?,36?,37?/m1/s1. The monoisotopic (exact) mass is 658 g/mol. The highest BCUT2D eigenvalue weighted by atomic mass is 32.2. The first-order chi connectivity index (χ1) is 22.7. The van der Waals surface area contributed by atoms with Crippen LogP contribution in [0.25, 0.3) is 22.2 Å². The molecular weight excluding hydrogens is 612 g/mol. The molecule has 250 valence electrons. The van der Waals surface area contributed by atoms with Crippen molar-refractivity contribution in [3.8, 4) is 17.0 Å². The number of ether oxygens (including phenoxy) is 1. The van der Waals surface area contributed by atoms with Gasteiger partial charge in [0.25, 0.3) is 5.91 Å². The molecule has 3 aliphatic carbocycles. The number of likely N-dealkylation sites (N-methyl/N-ethyl adjacent to an activating group) is 1. The summed E-state index contributed by atoms with van der Waals surface area (Å²) >= 11 is 0. The predicted octanol–water partition coefficient (Wildman–Crippen LogP) is 5.17. The summed E-state index contributed by atoms with van der Waals surface area (Å²) in [6.07, 6.45) is 8.52. The minimum atomic E-state index is -3.67. The minimum Gasteiger partial charge on any atom is -0.497 e. The molecule has 6 aliphatic rings. The van der Waals surface area contributed by atoms with Crippen LogP contribution < -0.4 is 9.46 Å². The van der Waals surface area contributed by atoms with Crippen molar-refractivity contribution in [3.05, 3.63) is 53.1 Å². The van der Waals surface area contributed by atoms with Crippen LogP contribution >= 0.6 is 0 Å². The third kappa shape index (κ3) is 4.65. The molecule has 3 aromatic rings. The molecule has 5 fully saturated rings. The fourth-order valence-corrected chi connectivity index (χ4v) is 11.3. The van der Waals surface area contributed by atoms with Crippen LogP contribution in [-0.2, 0) is 16.6 Å². The lowest BCUT2D eigenvalue weighted by atomic mass is 9.81. The van der Waals surface area contributed by atoms with Gasteiger partial charge in [-0.1, -0.05) is 32.3 Å². The molecule has 0 radical (unpaired) electrons. The minimum absolute atomic E-state index is 0.188. The molecule has 1 amide bonds. The van der Waals surface area contributed by atoms with Gasteiger partial charge in [-0.3, -0.25) is 14.6 Å². The second-order valence-electron chi connectivity index (χ2n) is 15.2. The Balaban J connectivity index is 1.20. The first-order valence-corrected chi connectivity index (χ1v) is 19.4. The van der Waals surface area contributed by atoms with E-state index >= 15 is 0 Å². The lowest BCUT2D eigenvalue weighted by Gasteiger charge is -2.40. The highest BCUT2D eigenvalue weighted by Gasteiger charge is 2.65. The van der Waals surface area contributed by atoms with Gasteiger partial charge in [0.2, 0.25) is 10.0 Å². The SMILES string of the molecule is CCN1C[C@H]2CC1CN2C(O)C12CC1c1cc(OC)ccc1-c1c(C3CCCCC3)c3ccc(C(=O)NS(=O)(=O)C4CC4)cc3n1C2. The van der Waals surface area contributed by atoms with Crippen LogP contribution in [0.15, 0.2) is 36.4 Å². The van der Waals surface area contributed by atoms with Gasteiger partial charge in [-0.15, -0.1) is 0 Å². The molecule has 2 N–H and O–H groups in total. The number of hydrogen-bond acceptors (Lipinski definition) is 7. The maximum absolute atomic E-state index is 13.4. The molecule has 4 heterocycles. The van der Waals surface area contributed by atoms with Crippen LogP contribution in [0, 0.1) is 5.41 Å². The molecule has 10 heteroatoms. The van der Waals surface area contributed by atoms with Crippen LogP contribution in [0.3, 0.4) is 0 Å². The van der Waals surface area contributed by atoms with Crippen LogP contribution in [0.4, 0.5) is 0 Å². The molecule has 2 aromatic carbocycles. The number of carbonyl (C=O) groups excluding carboxylic acids is 1. The molecule has 1 aromatic heterocycles. The van der Waals surface area contributed by atoms with E-state index in [9.17, 15) is 18.3 Å². The van der Waals surface area contributed by atoms with Gasteiger partial charge in [-0.05, 0) is 98.4 Å². The zero-order valence-corrected chi connectivity index (χ0v) is 28.3. The molecular formula is C37H46N4O5S. The zero-order valence-electron chi connectivity index (χ0n) is 27.5. The highest BCUT2D eigenvalue weighted by Crippen LogP contribution is 2.68. The number of aliphatic hydroxyl groups is 1. The quantitative estimate of drug-likeness (QED) is 0.344. The number of likely N-dealkylation sites (tertiary alicyclic amines) is 2. The Morgan fingerprint density at radius 3 is 2.57 bits per heavy atom. The molecule has 5 atom stereocenters. The number of rotatable bonds is 8. The van der Waals surface area contributed by atoms with Crippen molar-refractivity contribution in [3.63, 3.8) is 0 Å². The predicted molar refractivity (Wildman–Crippen MR) is 181 cm³/mol.